The van der Waals surface area contributed by atoms with E-state index in [1.807, 2.05) is 36.4 Å². The van der Waals surface area contributed by atoms with Gasteiger partial charge in [-0.15, -0.1) is 0 Å². The first-order valence-corrected chi connectivity index (χ1v) is 11.2. The van der Waals surface area contributed by atoms with Crippen molar-refractivity contribution in [3.8, 4) is 11.4 Å². The van der Waals surface area contributed by atoms with Crippen LogP contribution in [0.25, 0.3) is 22.4 Å². The Morgan fingerprint density at radius 3 is 2.69 bits per heavy atom. The minimum Gasteiger partial charge on any atom is -0.346 e. The monoisotopic (exact) mass is 451 g/mol. The van der Waals surface area contributed by atoms with E-state index in [1.165, 1.54) is 0 Å². The summed E-state index contributed by atoms with van der Waals surface area (Å²) in [5.74, 6) is 2.05. The van der Waals surface area contributed by atoms with Gasteiger partial charge in [0, 0.05) is 23.4 Å². The summed E-state index contributed by atoms with van der Waals surface area (Å²) in [6.07, 6.45) is 2.44. The van der Waals surface area contributed by atoms with Crippen LogP contribution in [0, 0.1) is 5.92 Å². The highest BCUT2D eigenvalue weighted by molar-refractivity contribution is 6.30. The number of halogens is 1. The zero-order valence-corrected chi connectivity index (χ0v) is 18.9. The van der Waals surface area contributed by atoms with Crippen LogP contribution in [0.3, 0.4) is 0 Å². The fourth-order valence-corrected chi connectivity index (χ4v) is 3.68. The first-order valence-electron chi connectivity index (χ1n) is 10.9. The van der Waals surface area contributed by atoms with Crippen molar-refractivity contribution in [2.45, 2.75) is 45.6 Å². The molecule has 2 aromatic carbocycles. The van der Waals surface area contributed by atoms with E-state index in [1.54, 1.807) is 12.1 Å². The molecular weight excluding hydrogens is 426 g/mol. The predicted molar refractivity (Wildman–Crippen MR) is 124 cm³/mol. The Morgan fingerprint density at radius 1 is 1.16 bits per heavy atom. The lowest BCUT2D eigenvalue weighted by Gasteiger charge is -2.22. The van der Waals surface area contributed by atoms with E-state index in [0.717, 1.165) is 28.8 Å². The van der Waals surface area contributed by atoms with Gasteiger partial charge in [-0.3, -0.25) is 4.79 Å². The van der Waals surface area contributed by atoms with Crippen molar-refractivity contribution >= 4 is 28.5 Å². The molecule has 166 valence electrons. The van der Waals surface area contributed by atoms with E-state index in [2.05, 4.69) is 39.3 Å². The smallest absolute Gasteiger partial charge is 0.226 e. The van der Waals surface area contributed by atoms with Gasteiger partial charge in [-0.25, -0.2) is 4.98 Å². The molecule has 4 aromatic rings. The third kappa shape index (κ3) is 5.16. The van der Waals surface area contributed by atoms with Gasteiger partial charge in [0.15, 0.2) is 0 Å². The summed E-state index contributed by atoms with van der Waals surface area (Å²) in [5, 5.41) is 7.83. The van der Waals surface area contributed by atoms with Crippen LogP contribution in [0.5, 0.6) is 0 Å². The van der Waals surface area contributed by atoms with Crippen LogP contribution >= 0.6 is 11.6 Å². The fourth-order valence-electron chi connectivity index (χ4n) is 3.55. The summed E-state index contributed by atoms with van der Waals surface area (Å²) in [5.41, 5.74) is 2.71. The fraction of sp³-hybridized carbons (Fsp3) is 0.333. The molecule has 0 radical (unpaired) electrons. The Morgan fingerprint density at radius 2 is 1.94 bits per heavy atom. The van der Waals surface area contributed by atoms with Crippen molar-refractivity contribution < 1.29 is 9.32 Å². The van der Waals surface area contributed by atoms with Crippen LogP contribution in [0.1, 0.15) is 50.9 Å². The molecule has 0 aliphatic rings. The van der Waals surface area contributed by atoms with E-state index in [9.17, 15) is 4.79 Å². The summed E-state index contributed by atoms with van der Waals surface area (Å²) in [6.45, 7) is 4.23. The number of aryl methyl sites for hydroxylation is 1. The van der Waals surface area contributed by atoms with Gasteiger partial charge in [0.2, 0.25) is 17.6 Å². The van der Waals surface area contributed by atoms with Crippen molar-refractivity contribution in [2.75, 3.05) is 0 Å². The Bertz CT molecular complexity index is 1150. The second kappa shape index (κ2) is 9.96. The second-order valence-corrected chi connectivity index (χ2v) is 8.38. The highest BCUT2D eigenvalue weighted by Gasteiger charge is 2.23. The van der Waals surface area contributed by atoms with Crippen LogP contribution in [-0.2, 0) is 11.2 Å². The number of imidazole rings is 1. The normalized spacial score (nSPS) is 13.2. The molecule has 2 unspecified atom stereocenters. The van der Waals surface area contributed by atoms with Gasteiger partial charge in [0.05, 0.1) is 17.1 Å². The lowest BCUT2D eigenvalue weighted by Crippen LogP contribution is -2.33. The number of amides is 1. The molecule has 0 bridgehead atoms. The molecule has 0 aliphatic carbocycles. The number of H-pyrrole nitrogens is 1. The Balaban J connectivity index is 1.34. The largest absolute Gasteiger partial charge is 0.346 e. The van der Waals surface area contributed by atoms with Gasteiger partial charge in [-0.05, 0) is 48.7 Å². The number of carbonyl (C=O) groups excluding carboxylic acids is 1. The first kappa shape index (κ1) is 22.0. The number of aromatic nitrogens is 4. The molecule has 8 heteroatoms. The van der Waals surface area contributed by atoms with Crippen LogP contribution in [0.2, 0.25) is 5.02 Å². The molecule has 2 heterocycles. The number of hydrogen-bond donors (Lipinski definition) is 2. The second-order valence-electron chi connectivity index (χ2n) is 7.94. The van der Waals surface area contributed by atoms with Gasteiger partial charge in [0.25, 0.3) is 0 Å². The maximum atomic E-state index is 12.7. The predicted octanol–water partition coefficient (Wildman–Crippen LogP) is 5.49. The maximum Gasteiger partial charge on any atom is 0.226 e. The Labute approximate surface area is 191 Å². The van der Waals surface area contributed by atoms with E-state index < -0.39 is 0 Å². The van der Waals surface area contributed by atoms with Gasteiger partial charge >= 0.3 is 0 Å². The summed E-state index contributed by atoms with van der Waals surface area (Å²) < 4.78 is 5.33. The average Bonchev–Trinajstić information content (AvgIpc) is 3.44. The van der Waals surface area contributed by atoms with Crippen LogP contribution in [0.4, 0.5) is 0 Å². The number of hydrogen-bond acceptors (Lipinski definition) is 5. The van der Waals surface area contributed by atoms with Crippen LogP contribution in [0.15, 0.2) is 53.1 Å². The molecule has 32 heavy (non-hydrogen) atoms. The van der Waals surface area contributed by atoms with Gasteiger partial charge < -0.3 is 14.8 Å². The first-order chi connectivity index (χ1) is 15.5. The van der Waals surface area contributed by atoms with E-state index in [0.29, 0.717) is 36.0 Å². The summed E-state index contributed by atoms with van der Waals surface area (Å²) in [4.78, 5) is 25.1. The van der Waals surface area contributed by atoms with E-state index >= 15 is 0 Å². The third-order valence-electron chi connectivity index (χ3n) is 5.60. The number of benzene rings is 2. The molecule has 7 nitrogen and oxygen atoms in total. The minimum atomic E-state index is -0.167. The van der Waals surface area contributed by atoms with Gasteiger partial charge in [-0.2, -0.15) is 4.98 Å². The molecule has 2 atom stereocenters. The molecule has 2 aromatic heterocycles. The van der Waals surface area contributed by atoms with Crippen molar-refractivity contribution in [2.24, 2.45) is 5.92 Å². The molecule has 0 fully saturated rings. The van der Waals surface area contributed by atoms with Crippen LogP contribution in [-0.4, -0.2) is 26.0 Å². The third-order valence-corrected chi connectivity index (χ3v) is 5.85. The lowest BCUT2D eigenvalue weighted by atomic mass is 9.98. The van der Waals surface area contributed by atoms with Crippen molar-refractivity contribution in [3.63, 3.8) is 0 Å². The number of para-hydroxylation sites is 2. The number of nitrogens with zero attached hydrogens (tertiary/aromatic N) is 3. The summed E-state index contributed by atoms with van der Waals surface area (Å²) in [7, 11) is 0. The molecule has 0 aliphatic heterocycles. The Kier molecular flexibility index (Phi) is 6.85. The highest BCUT2D eigenvalue weighted by atomic mass is 35.5. The maximum absolute atomic E-state index is 12.7. The zero-order chi connectivity index (χ0) is 22.5. The van der Waals surface area contributed by atoms with Gasteiger partial charge in [0.1, 0.15) is 5.82 Å². The average molecular weight is 452 g/mol. The topological polar surface area (TPSA) is 96.7 Å². The Hall–Kier alpha value is -3.19. The van der Waals surface area contributed by atoms with Crippen molar-refractivity contribution in [1.82, 2.24) is 25.4 Å². The highest BCUT2D eigenvalue weighted by Crippen LogP contribution is 2.25. The molecule has 0 saturated carbocycles. The number of aromatic amines is 1. The van der Waals surface area contributed by atoms with Crippen LogP contribution < -0.4 is 5.32 Å². The molecule has 0 spiro atoms. The van der Waals surface area contributed by atoms with Crippen molar-refractivity contribution in [1.29, 1.82) is 0 Å². The SMILES string of the molecule is CCC(C)C(NC(=O)CCCc1nc(-c2ccc(Cl)cc2)no1)c1nc2ccccc2[nH]1. The van der Waals surface area contributed by atoms with Crippen molar-refractivity contribution in [3.05, 3.63) is 65.3 Å². The van der Waals surface area contributed by atoms with E-state index in [4.69, 9.17) is 16.1 Å². The molecule has 0 saturated heterocycles. The molecular formula is C24H26ClN5O2. The van der Waals surface area contributed by atoms with Gasteiger partial charge in [-0.1, -0.05) is 49.2 Å². The quantitative estimate of drug-likeness (QED) is 0.350. The molecule has 1 amide bonds. The van der Waals surface area contributed by atoms with E-state index in [-0.39, 0.29) is 17.9 Å². The summed E-state index contributed by atoms with van der Waals surface area (Å²) in [6, 6.07) is 15.0. The number of fused-ring (bicyclic) bond motifs is 1. The number of carbonyl (C=O) groups is 1. The number of nitrogens with one attached hydrogen (secondary N) is 2. The zero-order valence-electron chi connectivity index (χ0n) is 18.1. The summed E-state index contributed by atoms with van der Waals surface area (Å²) >= 11 is 5.92. The number of rotatable bonds is 9. The molecule has 4 rings (SSSR count). The molecule has 2 N–H and O–H groups in total. The minimum absolute atomic E-state index is 0.0202. The standard InChI is InChI=1S/C24H26ClN5O2/c1-3-15(2)22(24-26-18-7-4-5-8-19(18)27-24)28-20(31)9-6-10-21-29-23(30-32-21)16-11-13-17(25)14-12-16/h4-5,7-8,11-15,22H,3,6,9-10H2,1-2H3,(H,26,27)(H,28,31). The lowest BCUT2D eigenvalue weighted by molar-refractivity contribution is -0.122.